The number of rotatable bonds is 3. The summed E-state index contributed by atoms with van der Waals surface area (Å²) in [5, 5.41) is 4.59. The molecule has 4 heteroatoms. The van der Waals surface area contributed by atoms with Gasteiger partial charge in [-0.25, -0.2) is 4.98 Å². The van der Waals surface area contributed by atoms with Gasteiger partial charge in [-0.05, 0) is 18.4 Å². The second-order valence-electron chi connectivity index (χ2n) is 5.65. The summed E-state index contributed by atoms with van der Waals surface area (Å²) in [6.45, 7) is 0.573. The normalized spacial score (nSPS) is 16.5. The summed E-state index contributed by atoms with van der Waals surface area (Å²) >= 11 is 0. The summed E-state index contributed by atoms with van der Waals surface area (Å²) in [5.74, 6) is 2.55. The van der Waals surface area contributed by atoms with Crippen molar-refractivity contribution in [3.63, 3.8) is 0 Å². The van der Waals surface area contributed by atoms with Crippen LogP contribution in [0.1, 0.15) is 49.4 Å². The van der Waals surface area contributed by atoms with Crippen LogP contribution < -0.4 is 5.73 Å². The largest absolute Gasteiger partial charge is 0.326 e. The Hall–Kier alpha value is -1.68. The Balaban J connectivity index is 1.86. The molecule has 0 radical (unpaired) electrons. The van der Waals surface area contributed by atoms with Crippen LogP contribution in [0.25, 0.3) is 11.4 Å². The topological polar surface area (TPSA) is 56.7 Å². The summed E-state index contributed by atoms with van der Waals surface area (Å²) < 4.78 is 1.96. The van der Waals surface area contributed by atoms with Crippen molar-refractivity contribution in [2.24, 2.45) is 12.8 Å². The quantitative estimate of drug-likeness (QED) is 0.932. The average Bonchev–Trinajstić information content (AvgIpc) is 2.90. The van der Waals surface area contributed by atoms with E-state index in [-0.39, 0.29) is 0 Å². The third kappa shape index (κ3) is 2.61. The first-order valence-corrected chi connectivity index (χ1v) is 7.48. The van der Waals surface area contributed by atoms with Gasteiger partial charge in [0.05, 0.1) is 0 Å². The number of aromatic nitrogens is 3. The summed E-state index contributed by atoms with van der Waals surface area (Å²) in [6, 6.07) is 8.21. The second kappa shape index (κ2) is 5.75. The minimum Gasteiger partial charge on any atom is -0.326 e. The number of aryl methyl sites for hydroxylation is 1. The van der Waals surface area contributed by atoms with Crippen LogP contribution in [-0.4, -0.2) is 14.8 Å². The SMILES string of the molecule is Cn1nc(-c2ccc(CN)cc2)nc1C1CCCCC1. The van der Waals surface area contributed by atoms with Gasteiger partial charge in [0.25, 0.3) is 0 Å². The van der Waals surface area contributed by atoms with E-state index in [1.54, 1.807) is 0 Å². The second-order valence-corrected chi connectivity index (χ2v) is 5.65. The molecule has 20 heavy (non-hydrogen) atoms. The van der Waals surface area contributed by atoms with Crippen molar-refractivity contribution in [3.8, 4) is 11.4 Å². The van der Waals surface area contributed by atoms with Crippen LogP contribution in [0.3, 0.4) is 0 Å². The molecule has 0 aliphatic heterocycles. The van der Waals surface area contributed by atoms with Crippen molar-refractivity contribution in [1.82, 2.24) is 14.8 Å². The van der Waals surface area contributed by atoms with E-state index in [1.165, 1.54) is 32.1 Å². The molecule has 0 bridgehead atoms. The van der Waals surface area contributed by atoms with Crippen LogP contribution in [-0.2, 0) is 13.6 Å². The first-order chi connectivity index (χ1) is 9.78. The van der Waals surface area contributed by atoms with Crippen LogP contribution in [0.5, 0.6) is 0 Å². The minimum absolute atomic E-state index is 0.573. The van der Waals surface area contributed by atoms with Gasteiger partial charge >= 0.3 is 0 Å². The number of nitrogens with two attached hydrogens (primary N) is 1. The molecule has 1 aromatic heterocycles. The van der Waals surface area contributed by atoms with E-state index >= 15 is 0 Å². The number of nitrogens with zero attached hydrogens (tertiary/aromatic N) is 3. The Labute approximate surface area is 120 Å². The maximum Gasteiger partial charge on any atom is 0.181 e. The van der Waals surface area contributed by atoms with Gasteiger partial charge in [-0.2, -0.15) is 5.10 Å². The number of benzene rings is 1. The van der Waals surface area contributed by atoms with Crippen LogP contribution in [0, 0.1) is 0 Å². The molecule has 4 nitrogen and oxygen atoms in total. The zero-order valence-electron chi connectivity index (χ0n) is 12.0. The molecule has 0 saturated heterocycles. The Bertz CT molecular complexity index is 565. The maximum absolute atomic E-state index is 5.63. The Kier molecular flexibility index (Phi) is 3.83. The lowest BCUT2D eigenvalue weighted by Gasteiger charge is -2.20. The summed E-state index contributed by atoms with van der Waals surface area (Å²) in [6.07, 6.45) is 6.49. The average molecular weight is 270 g/mol. The lowest BCUT2D eigenvalue weighted by atomic mass is 9.89. The van der Waals surface area contributed by atoms with Gasteiger partial charge in [-0.15, -0.1) is 0 Å². The van der Waals surface area contributed by atoms with Crippen LogP contribution in [0.2, 0.25) is 0 Å². The molecule has 1 aliphatic carbocycles. The van der Waals surface area contributed by atoms with Crippen molar-refractivity contribution in [2.75, 3.05) is 0 Å². The lowest BCUT2D eigenvalue weighted by Crippen LogP contribution is -2.10. The fraction of sp³-hybridized carbons (Fsp3) is 0.500. The molecule has 106 valence electrons. The molecular weight excluding hydrogens is 248 g/mol. The third-order valence-electron chi connectivity index (χ3n) is 4.21. The summed E-state index contributed by atoms with van der Waals surface area (Å²) in [7, 11) is 2.01. The zero-order chi connectivity index (χ0) is 13.9. The van der Waals surface area contributed by atoms with E-state index in [9.17, 15) is 0 Å². The van der Waals surface area contributed by atoms with Gasteiger partial charge in [0, 0.05) is 25.1 Å². The van der Waals surface area contributed by atoms with E-state index in [2.05, 4.69) is 17.2 Å². The summed E-state index contributed by atoms with van der Waals surface area (Å²) in [4.78, 5) is 4.78. The molecule has 3 rings (SSSR count). The molecule has 2 N–H and O–H groups in total. The highest BCUT2D eigenvalue weighted by atomic mass is 15.3. The predicted octanol–water partition coefficient (Wildman–Crippen LogP) is 2.99. The molecule has 2 aromatic rings. The molecule has 1 saturated carbocycles. The van der Waals surface area contributed by atoms with E-state index in [1.807, 2.05) is 23.9 Å². The van der Waals surface area contributed by atoms with Crippen LogP contribution in [0.4, 0.5) is 0 Å². The highest BCUT2D eigenvalue weighted by Crippen LogP contribution is 2.32. The van der Waals surface area contributed by atoms with Gasteiger partial charge in [-0.3, -0.25) is 4.68 Å². The highest BCUT2D eigenvalue weighted by molar-refractivity contribution is 5.55. The first-order valence-electron chi connectivity index (χ1n) is 7.48. The van der Waals surface area contributed by atoms with Gasteiger partial charge in [0.15, 0.2) is 5.82 Å². The van der Waals surface area contributed by atoms with Gasteiger partial charge in [-0.1, -0.05) is 43.5 Å². The van der Waals surface area contributed by atoms with E-state index in [0.717, 1.165) is 22.8 Å². The monoisotopic (exact) mass is 270 g/mol. The smallest absolute Gasteiger partial charge is 0.181 e. The molecule has 1 heterocycles. The van der Waals surface area contributed by atoms with Crippen molar-refractivity contribution < 1.29 is 0 Å². The molecule has 0 unspecified atom stereocenters. The minimum atomic E-state index is 0.573. The van der Waals surface area contributed by atoms with Crippen molar-refractivity contribution >= 4 is 0 Å². The molecule has 0 amide bonds. The molecular formula is C16H22N4. The van der Waals surface area contributed by atoms with E-state index in [0.29, 0.717) is 12.5 Å². The van der Waals surface area contributed by atoms with Crippen molar-refractivity contribution in [2.45, 2.75) is 44.6 Å². The van der Waals surface area contributed by atoms with Crippen LogP contribution >= 0.6 is 0 Å². The fourth-order valence-electron chi connectivity index (χ4n) is 3.03. The van der Waals surface area contributed by atoms with Gasteiger partial charge in [0.2, 0.25) is 0 Å². The number of hydrogen-bond acceptors (Lipinski definition) is 3. The Morgan fingerprint density at radius 2 is 1.85 bits per heavy atom. The third-order valence-corrected chi connectivity index (χ3v) is 4.21. The van der Waals surface area contributed by atoms with E-state index in [4.69, 9.17) is 10.7 Å². The van der Waals surface area contributed by atoms with Crippen molar-refractivity contribution in [3.05, 3.63) is 35.7 Å². The molecule has 0 atom stereocenters. The first kappa shape index (κ1) is 13.3. The summed E-state index contributed by atoms with van der Waals surface area (Å²) in [5.41, 5.74) is 7.83. The Morgan fingerprint density at radius 3 is 2.50 bits per heavy atom. The van der Waals surface area contributed by atoms with Gasteiger partial charge < -0.3 is 5.73 Å². The highest BCUT2D eigenvalue weighted by Gasteiger charge is 2.21. The van der Waals surface area contributed by atoms with E-state index < -0.39 is 0 Å². The van der Waals surface area contributed by atoms with Crippen LogP contribution in [0.15, 0.2) is 24.3 Å². The standard InChI is InChI=1S/C16H22N4/c1-20-16(14-5-3-2-4-6-14)18-15(19-20)13-9-7-12(11-17)8-10-13/h7-10,14H,2-6,11,17H2,1H3. The number of hydrogen-bond donors (Lipinski definition) is 1. The molecule has 1 aliphatic rings. The molecule has 1 fully saturated rings. The Morgan fingerprint density at radius 1 is 1.15 bits per heavy atom. The lowest BCUT2D eigenvalue weighted by molar-refractivity contribution is 0.417. The maximum atomic E-state index is 5.63. The van der Waals surface area contributed by atoms with Gasteiger partial charge in [0.1, 0.15) is 5.82 Å². The zero-order valence-corrected chi connectivity index (χ0v) is 12.0. The van der Waals surface area contributed by atoms with Crippen molar-refractivity contribution in [1.29, 1.82) is 0 Å². The predicted molar refractivity (Wildman–Crippen MR) is 80.2 cm³/mol. The molecule has 0 spiro atoms. The molecule has 1 aromatic carbocycles. The fourth-order valence-corrected chi connectivity index (χ4v) is 3.03.